The molecule has 38 heavy (non-hydrogen) atoms. The highest BCUT2D eigenvalue weighted by Gasteiger charge is 2.53. The number of fused-ring (bicyclic) bond motifs is 1. The minimum atomic E-state index is 0.103. The lowest BCUT2D eigenvalue weighted by Crippen LogP contribution is -2.59. The van der Waals surface area contributed by atoms with Crippen LogP contribution in [0.4, 0.5) is 0 Å². The highest BCUT2D eigenvalue weighted by molar-refractivity contribution is 5.97. The smallest absolute Gasteiger partial charge is 0.166 e. The maximum absolute atomic E-state index is 12.3. The first-order chi connectivity index (χ1) is 18.4. The average Bonchev–Trinajstić information content (AvgIpc) is 2.95. The van der Waals surface area contributed by atoms with E-state index < -0.39 is 0 Å². The predicted octanol–water partition coefficient (Wildman–Crippen LogP) is 6.68. The van der Waals surface area contributed by atoms with Crippen LogP contribution >= 0.6 is 0 Å². The molecule has 4 aliphatic rings. The lowest BCUT2D eigenvalue weighted by molar-refractivity contribution is 0.00274. The minimum Gasteiger partial charge on any atom is -0.497 e. The first kappa shape index (κ1) is 27.4. The van der Waals surface area contributed by atoms with Crippen molar-refractivity contribution in [2.24, 2.45) is 11.8 Å². The monoisotopic (exact) mass is 516 g/mol. The summed E-state index contributed by atoms with van der Waals surface area (Å²) in [6, 6.07) is 15.5. The molecule has 2 saturated heterocycles. The van der Waals surface area contributed by atoms with E-state index in [0.29, 0.717) is 5.41 Å². The Hall–Kier alpha value is -2.17. The van der Waals surface area contributed by atoms with Crippen molar-refractivity contribution in [3.63, 3.8) is 0 Å². The fourth-order valence-corrected chi connectivity index (χ4v) is 7.92. The Bertz CT molecular complexity index is 1090. The Balaban J connectivity index is 0.000000156. The fraction of sp³-hybridized carbons (Fsp3) is 0.618. The number of likely N-dealkylation sites (N-methyl/N-ethyl adjacent to an activating group) is 1. The van der Waals surface area contributed by atoms with Gasteiger partial charge in [-0.15, -0.1) is 0 Å². The lowest BCUT2D eigenvalue weighted by Gasteiger charge is -2.58. The second-order valence-electron chi connectivity index (χ2n) is 12.5. The van der Waals surface area contributed by atoms with Gasteiger partial charge in [-0.1, -0.05) is 62.1 Å². The maximum atomic E-state index is 12.3. The molecule has 3 fully saturated rings. The molecule has 0 amide bonds. The quantitative estimate of drug-likeness (QED) is 0.415. The van der Waals surface area contributed by atoms with Gasteiger partial charge in [0.1, 0.15) is 5.75 Å². The van der Waals surface area contributed by atoms with Gasteiger partial charge in [-0.05, 0) is 101 Å². The van der Waals surface area contributed by atoms with Gasteiger partial charge >= 0.3 is 0 Å². The van der Waals surface area contributed by atoms with Crippen LogP contribution in [0.25, 0.3) is 0 Å². The summed E-state index contributed by atoms with van der Waals surface area (Å²) in [6.45, 7) is 8.59. The van der Waals surface area contributed by atoms with E-state index in [1.807, 2.05) is 31.2 Å². The minimum absolute atomic E-state index is 0.103. The van der Waals surface area contributed by atoms with Crippen molar-refractivity contribution in [3.8, 4) is 5.75 Å². The van der Waals surface area contributed by atoms with E-state index in [9.17, 15) is 4.79 Å². The summed E-state index contributed by atoms with van der Waals surface area (Å²) in [5.41, 5.74) is 5.73. The molecule has 2 aliphatic carbocycles. The molecule has 1 saturated carbocycles. The number of ketones is 1. The Morgan fingerprint density at radius 3 is 2.50 bits per heavy atom. The number of carbonyl (C=O) groups excluding carboxylic acids is 1. The molecule has 4 heteroatoms. The molecule has 4 nitrogen and oxygen atoms in total. The number of Topliss-reactive ketones (excluding diaryl/α,β-unsaturated/α-hetero) is 1. The van der Waals surface area contributed by atoms with Crippen LogP contribution in [0.1, 0.15) is 85.3 Å². The number of hydrogen-bond acceptors (Lipinski definition) is 4. The molecule has 6 rings (SSSR count). The average molecular weight is 517 g/mol. The number of nitrogens with zero attached hydrogens (tertiary/aromatic N) is 2. The standard InChI is InChI=1S/C18H25NO.C16H23NO/c1-19-10-9-18-8-4-3-5-15(18)17(19)11-13-6-7-14(20-2)12-16(13)18;1-13-6-8-15(9-7-13)16(18)14(2)12-17-10-4-3-5-11-17/h6-7,12,15,17H,3-5,8-11H2,1-2H3;6-9,14H,3-5,10-12H2,1-2H3/t15-,17+,18+;/m1./s1. The maximum Gasteiger partial charge on any atom is 0.166 e. The van der Waals surface area contributed by atoms with E-state index in [2.05, 4.69) is 42.0 Å². The van der Waals surface area contributed by atoms with Crippen LogP contribution < -0.4 is 4.74 Å². The zero-order valence-corrected chi connectivity index (χ0v) is 24.2. The number of benzene rings is 2. The molecule has 2 aliphatic heterocycles. The second kappa shape index (κ2) is 11.9. The van der Waals surface area contributed by atoms with Gasteiger partial charge in [0.2, 0.25) is 0 Å². The van der Waals surface area contributed by atoms with Crippen molar-refractivity contribution < 1.29 is 9.53 Å². The number of carbonyl (C=O) groups is 1. The molecular formula is C34H48N2O2. The van der Waals surface area contributed by atoms with Crippen molar-refractivity contribution >= 4 is 5.78 Å². The summed E-state index contributed by atoms with van der Waals surface area (Å²) in [5, 5.41) is 0. The summed E-state index contributed by atoms with van der Waals surface area (Å²) >= 11 is 0. The van der Waals surface area contributed by atoms with Crippen LogP contribution in [0.2, 0.25) is 0 Å². The third-order valence-corrected chi connectivity index (χ3v) is 10.1. The normalized spacial score (nSPS) is 27.8. The molecule has 2 aromatic rings. The fourth-order valence-electron chi connectivity index (χ4n) is 7.92. The zero-order chi connectivity index (χ0) is 26.7. The van der Waals surface area contributed by atoms with E-state index in [4.69, 9.17) is 4.74 Å². The lowest BCUT2D eigenvalue weighted by atomic mass is 9.52. The van der Waals surface area contributed by atoms with Gasteiger partial charge < -0.3 is 14.5 Å². The van der Waals surface area contributed by atoms with Crippen molar-refractivity contribution in [2.75, 3.05) is 40.3 Å². The summed E-state index contributed by atoms with van der Waals surface area (Å²) in [4.78, 5) is 17.4. The van der Waals surface area contributed by atoms with Gasteiger partial charge in [0, 0.05) is 29.5 Å². The molecule has 4 atom stereocenters. The number of aryl methyl sites for hydroxylation is 1. The highest BCUT2D eigenvalue weighted by atomic mass is 16.5. The van der Waals surface area contributed by atoms with Gasteiger partial charge in [-0.2, -0.15) is 0 Å². The van der Waals surface area contributed by atoms with Crippen molar-refractivity contribution in [2.45, 2.75) is 83.1 Å². The van der Waals surface area contributed by atoms with Crippen LogP contribution in [0, 0.1) is 18.8 Å². The van der Waals surface area contributed by atoms with Crippen LogP contribution in [0.15, 0.2) is 42.5 Å². The Morgan fingerprint density at radius 1 is 1.00 bits per heavy atom. The molecule has 0 radical (unpaired) electrons. The van der Waals surface area contributed by atoms with E-state index in [1.165, 1.54) is 69.9 Å². The largest absolute Gasteiger partial charge is 0.497 e. The van der Waals surface area contributed by atoms with Crippen molar-refractivity contribution in [1.29, 1.82) is 0 Å². The number of rotatable bonds is 5. The summed E-state index contributed by atoms with van der Waals surface area (Å²) in [5.74, 6) is 2.29. The number of likely N-dealkylation sites (tertiary alicyclic amines) is 2. The topological polar surface area (TPSA) is 32.8 Å². The molecule has 0 N–H and O–H groups in total. The van der Waals surface area contributed by atoms with E-state index in [1.54, 1.807) is 18.2 Å². The zero-order valence-electron chi connectivity index (χ0n) is 24.2. The van der Waals surface area contributed by atoms with Gasteiger partial charge in [-0.25, -0.2) is 0 Å². The summed E-state index contributed by atoms with van der Waals surface area (Å²) < 4.78 is 5.51. The van der Waals surface area contributed by atoms with Crippen LogP contribution in [-0.2, 0) is 11.8 Å². The first-order valence-electron chi connectivity index (χ1n) is 15.1. The van der Waals surface area contributed by atoms with E-state index >= 15 is 0 Å². The number of piperidine rings is 2. The summed E-state index contributed by atoms with van der Waals surface area (Å²) in [7, 11) is 4.12. The van der Waals surface area contributed by atoms with Crippen LogP contribution in [-0.4, -0.2) is 62.0 Å². The van der Waals surface area contributed by atoms with Gasteiger partial charge in [-0.3, -0.25) is 4.79 Å². The Kier molecular flexibility index (Phi) is 8.59. The highest BCUT2D eigenvalue weighted by Crippen LogP contribution is 2.55. The number of methoxy groups -OCH3 is 1. The molecule has 2 aromatic carbocycles. The van der Waals surface area contributed by atoms with E-state index in [0.717, 1.165) is 42.9 Å². The molecule has 1 unspecified atom stereocenters. The van der Waals surface area contributed by atoms with Crippen molar-refractivity contribution in [1.82, 2.24) is 9.80 Å². The number of hydrogen-bond donors (Lipinski definition) is 0. The third kappa shape index (κ3) is 5.58. The van der Waals surface area contributed by atoms with Gasteiger partial charge in [0.15, 0.2) is 5.78 Å². The molecule has 206 valence electrons. The Labute approximate surface area is 230 Å². The summed E-state index contributed by atoms with van der Waals surface area (Å²) in [6.07, 6.45) is 12.1. The third-order valence-electron chi connectivity index (χ3n) is 10.1. The van der Waals surface area contributed by atoms with Crippen LogP contribution in [0.3, 0.4) is 0 Å². The van der Waals surface area contributed by atoms with Crippen molar-refractivity contribution in [3.05, 3.63) is 64.7 Å². The number of ether oxygens (including phenoxy) is 1. The van der Waals surface area contributed by atoms with Gasteiger partial charge in [0.25, 0.3) is 0 Å². The molecule has 0 aromatic heterocycles. The SMILES string of the molecule is COc1ccc2c(c1)[C@]13CCCC[C@@H]1[C@H](C2)N(C)CC3.Cc1ccc(C(=O)C(C)CN2CCCCC2)cc1. The van der Waals surface area contributed by atoms with Gasteiger partial charge in [0.05, 0.1) is 7.11 Å². The first-order valence-corrected chi connectivity index (χ1v) is 15.1. The van der Waals surface area contributed by atoms with E-state index in [-0.39, 0.29) is 11.7 Å². The Morgan fingerprint density at radius 2 is 1.76 bits per heavy atom. The molecular weight excluding hydrogens is 468 g/mol. The second-order valence-corrected chi connectivity index (χ2v) is 12.5. The molecule has 0 spiro atoms. The predicted molar refractivity (Wildman–Crippen MR) is 156 cm³/mol. The molecule has 2 bridgehead atoms. The molecule has 2 heterocycles. The van der Waals surface area contributed by atoms with Crippen LogP contribution in [0.5, 0.6) is 5.75 Å².